The lowest BCUT2D eigenvalue weighted by Crippen LogP contribution is -2.26. The molecule has 0 bridgehead atoms. The topological polar surface area (TPSA) is 102 Å². The van der Waals surface area contributed by atoms with Gasteiger partial charge in [0.2, 0.25) is 11.8 Å². The molecule has 0 aromatic carbocycles. The van der Waals surface area contributed by atoms with Crippen molar-refractivity contribution in [2.45, 2.75) is 70.0 Å². The number of amides is 2. The maximum Gasteiger partial charge on any atom is 0.228 e. The van der Waals surface area contributed by atoms with Crippen molar-refractivity contribution in [3.8, 4) is 0 Å². The Morgan fingerprint density at radius 2 is 2.07 bits per heavy atom. The van der Waals surface area contributed by atoms with Gasteiger partial charge in [0.25, 0.3) is 0 Å². The van der Waals surface area contributed by atoms with Gasteiger partial charge in [-0.2, -0.15) is 0 Å². The molecular formula is C20H30N6O2S2. The first kappa shape index (κ1) is 22.7. The van der Waals surface area contributed by atoms with Crippen molar-refractivity contribution in [1.29, 1.82) is 0 Å². The van der Waals surface area contributed by atoms with Gasteiger partial charge in [0.05, 0.1) is 12.1 Å². The van der Waals surface area contributed by atoms with E-state index in [2.05, 4.69) is 30.4 Å². The first-order chi connectivity index (χ1) is 14.5. The first-order valence-corrected chi connectivity index (χ1v) is 12.6. The molecule has 2 aromatic rings. The van der Waals surface area contributed by atoms with Crippen LogP contribution >= 0.6 is 23.1 Å². The van der Waals surface area contributed by atoms with Gasteiger partial charge in [-0.3, -0.25) is 9.59 Å². The summed E-state index contributed by atoms with van der Waals surface area (Å²) in [7, 11) is 0. The van der Waals surface area contributed by atoms with E-state index in [-0.39, 0.29) is 24.2 Å². The Hall–Kier alpha value is -1.94. The Kier molecular flexibility index (Phi) is 8.26. The molecule has 0 aliphatic heterocycles. The predicted octanol–water partition coefficient (Wildman–Crippen LogP) is 3.46. The zero-order valence-electron chi connectivity index (χ0n) is 17.8. The van der Waals surface area contributed by atoms with Crippen LogP contribution in [0.4, 0.5) is 5.13 Å². The van der Waals surface area contributed by atoms with Crippen LogP contribution in [-0.2, 0) is 22.4 Å². The molecule has 2 N–H and O–H groups in total. The van der Waals surface area contributed by atoms with Crippen molar-refractivity contribution in [2.75, 3.05) is 18.1 Å². The van der Waals surface area contributed by atoms with Crippen LogP contribution in [0.3, 0.4) is 0 Å². The third-order valence-electron chi connectivity index (χ3n) is 5.15. The molecule has 2 aromatic heterocycles. The van der Waals surface area contributed by atoms with Crippen LogP contribution in [-0.4, -0.2) is 44.4 Å². The molecule has 3 rings (SSSR count). The average molecular weight is 451 g/mol. The standard InChI is InChI=1S/C20H30N6O2S2/c1-13(2)18(28)23-19-22-14(12-30-19)11-17(27)21-10-6-9-16-24-25-20(29-3)26(16)15-7-4-5-8-15/h12-13,15H,4-11H2,1-3H3,(H,21,27)(H,22,23,28). The van der Waals surface area contributed by atoms with Gasteiger partial charge < -0.3 is 15.2 Å². The van der Waals surface area contributed by atoms with E-state index in [0.29, 0.717) is 23.4 Å². The minimum atomic E-state index is -0.105. The third-order valence-corrected chi connectivity index (χ3v) is 6.60. The molecule has 0 radical (unpaired) electrons. The number of thioether (sulfide) groups is 1. The maximum absolute atomic E-state index is 12.2. The highest BCUT2D eigenvalue weighted by Gasteiger charge is 2.23. The first-order valence-electron chi connectivity index (χ1n) is 10.5. The summed E-state index contributed by atoms with van der Waals surface area (Å²) in [6.45, 7) is 4.25. The molecule has 0 spiro atoms. The minimum Gasteiger partial charge on any atom is -0.356 e. The number of hydrogen-bond donors (Lipinski definition) is 2. The van der Waals surface area contributed by atoms with Gasteiger partial charge in [0, 0.05) is 30.3 Å². The predicted molar refractivity (Wildman–Crippen MR) is 120 cm³/mol. The van der Waals surface area contributed by atoms with Crippen LogP contribution in [0.15, 0.2) is 10.5 Å². The molecule has 8 nitrogen and oxygen atoms in total. The number of hydrogen-bond acceptors (Lipinski definition) is 7. The third kappa shape index (κ3) is 6.04. The van der Waals surface area contributed by atoms with E-state index < -0.39 is 0 Å². The molecule has 2 amide bonds. The van der Waals surface area contributed by atoms with Gasteiger partial charge in [-0.05, 0) is 25.5 Å². The van der Waals surface area contributed by atoms with Gasteiger partial charge in [-0.25, -0.2) is 4.98 Å². The van der Waals surface area contributed by atoms with Crippen molar-refractivity contribution >= 4 is 40.0 Å². The van der Waals surface area contributed by atoms with Gasteiger partial charge in [0.1, 0.15) is 5.82 Å². The normalized spacial score (nSPS) is 14.4. The molecule has 1 aliphatic carbocycles. The summed E-state index contributed by atoms with van der Waals surface area (Å²) >= 11 is 2.98. The highest BCUT2D eigenvalue weighted by atomic mass is 32.2. The molecule has 2 heterocycles. The molecule has 0 saturated heterocycles. The highest BCUT2D eigenvalue weighted by Crippen LogP contribution is 2.33. The Morgan fingerprint density at radius 1 is 1.30 bits per heavy atom. The number of carbonyl (C=O) groups is 2. The van der Waals surface area contributed by atoms with Crippen LogP contribution in [0.25, 0.3) is 0 Å². The van der Waals surface area contributed by atoms with Crippen LogP contribution in [0.1, 0.15) is 63.5 Å². The molecule has 30 heavy (non-hydrogen) atoms. The van der Waals surface area contributed by atoms with Gasteiger partial charge in [0.15, 0.2) is 10.3 Å². The number of nitrogens with one attached hydrogen (secondary N) is 2. The van der Waals surface area contributed by atoms with Crippen molar-refractivity contribution in [1.82, 2.24) is 25.1 Å². The second kappa shape index (κ2) is 10.9. The van der Waals surface area contributed by atoms with Crippen LogP contribution in [0.2, 0.25) is 0 Å². The molecule has 1 aliphatic rings. The zero-order valence-corrected chi connectivity index (χ0v) is 19.4. The van der Waals surface area contributed by atoms with E-state index in [1.165, 1.54) is 37.0 Å². The molecule has 1 fully saturated rings. The van der Waals surface area contributed by atoms with E-state index >= 15 is 0 Å². The van der Waals surface area contributed by atoms with E-state index in [0.717, 1.165) is 23.8 Å². The number of rotatable bonds is 10. The average Bonchev–Trinajstić information content (AvgIpc) is 3.45. The second-order valence-electron chi connectivity index (χ2n) is 7.83. The maximum atomic E-state index is 12.2. The van der Waals surface area contributed by atoms with E-state index in [1.54, 1.807) is 11.8 Å². The lowest BCUT2D eigenvalue weighted by molar-refractivity contribution is -0.120. The summed E-state index contributed by atoms with van der Waals surface area (Å²) in [4.78, 5) is 28.3. The lowest BCUT2D eigenvalue weighted by Gasteiger charge is -2.16. The van der Waals surface area contributed by atoms with E-state index in [1.807, 2.05) is 25.5 Å². The largest absolute Gasteiger partial charge is 0.356 e. The number of anilines is 1. The van der Waals surface area contributed by atoms with Crippen molar-refractivity contribution < 1.29 is 9.59 Å². The number of carbonyl (C=O) groups excluding carboxylic acids is 2. The van der Waals surface area contributed by atoms with Crippen LogP contribution in [0, 0.1) is 5.92 Å². The monoisotopic (exact) mass is 450 g/mol. The summed E-state index contributed by atoms with van der Waals surface area (Å²) < 4.78 is 2.31. The molecule has 10 heteroatoms. The molecule has 164 valence electrons. The molecule has 0 atom stereocenters. The summed E-state index contributed by atoms with van der Waals surface area (Å²) in [6, 6.07) is 0.516. The van der Waals surface area contributed by atoms with Crippen LogP contribution in [0.5, 0.6) is 0 Å². The number of nitrogens with zero attached hydrogens (tertiary/aromatic N) is 4. The fourth-order valence-corrected chi connectivity index (χ4v) is 4.83. The quantitative estimate of drug-likeness (QED) is 0.425. The molecule has 0 unspecified atom stereocenters. The van der Waals surface area contributed by atoms with Gasteiger partial charge in [-0.1, -0.05) is 38.5 Å². The summed E-state index contributed by atoms with van der Waals surface area (Å²) in [5.41, 5.74) is 0.669. The summed E-state index contributed by atoms with van der Waals surface area (Å²) in [5.74, 6) is 0.775. The number of thiazole rings is 1. The Balaban J connectivity index is 1.43. The zero-order chi connectivity index (χ0) is 21.5. The fourth-order valence-electron chi connectivity index (χ4n) is 3.54. The van der Waals surface area contributed by atoms with Crippen molar-refractivity contribution in [3.05, 3.63) is 16.9 Å². The number of aromatic nitrogens is 4. The van der Waals surface area contributed by atoms with Crippen molar-refractivity contribution in [2.24, 2.45) is 5.92 Å². The van der Waals surface area contributed by atoms with Gasteiger partial charge >= 0.3 is 0 Å². The van der Waals surface area contributed by atoms with Crippen LogP contribution < -0.4 is 10.6 Å². The highest BCUT2D eigenvalue weighted by molar-refractivity contribution is 7.98. The SMILES string of the molecule is CSc1nnc(CCCNC(=O)Cc2csc(NC(=O)C(C)C)n2)n1C1CCCC1. The summed E-state index contributed by atoms with van der Waals surface area (Å²) in [5, 5.41) is 17.8. The smallest absolute Gasteiger partial charge is 0.228 e. The molecule has 1 saturated carbocycles. The van der Waals surface area contributed by atoms with E-state index in [9.17, 15) is 9.59 Å². The van der Waals surface area contributed by atoms with E-state index in [4.69, 9.17) is 0 Å². The Bertz CT molecular complexity index is 857. The minimum absolute atomic E-state index is 0.0656. The second-order valence-corrected chi connectivity index (χ2v) is 9.46. The Morgan fingerprint density at radius 3 is 2.77 bits per heavy atom. The summed E-state index contributed by atoms with van der Waals surface area (Å²) in [6.07, 6.45) is 8.80. The molecular weight excluding hydrogens is 420 g/mol. The Labute approximate surface area is 185 Å². The lowest BCUT2D eigenvalue weighted by atomic mass is 10.2. The fraction of sp³-hybridized carbons (Fsp3) is 0.650. The number of aryl methyl sites for hydroxylation is 1. The van der Waals surface area contributed by atoms with Crippen molar-refractivity contribution in [3.63, 3.8) is 0 Å². The van der Waals surface area contributed by atoms with Gasteiger partial charge in [-0.15, -0.1) is 21.5 Å².